The van der Waals surface area contributed by atoms with Gasteiger partial charge in [-0.25, -0.2) is 36.1 Å². The second kappa shape index (κ2) is 15.7. The van der Waals surface area contributed by atoms with E-state index < -0.39 is 0 Å². The third-order valence-corrected chi connectivity index (χ3v) is 5.81. The van der Waals surface area contributed by atoms with Crippen molar-refractivity contribution in [1.29, 1.82) is 0 Å². The Morgan fingerprint density at radius 1 is 0.862 bits per heavy atom. The van der Waals surface area contributed by atoms with Gasteiger partial charge in [0, 0.05) is 0 Å². The molecule has 2 atom stereocenters. The summed E-state index contributed by atoms with van der Waals surface area (Å²) in [6.07, 6.45) is 26.1. The Morgan fingerprint density at radius 2 is 1.34 bits per heavy atom. The predicted octanol–water partition coefficient (Wildman–Crippen LogP) is 6.16. The topological polar surface area (TPSA) is 0 Å². The van der Waals surface area contributed by atoms with Crippen molar-refractivity contribution < 1.29 is 26.2 Å². The van der Waals surface area contributed by atoms with Crippen LogP contribution in [0, 0.1) is 31.6 Å². The first kappa shape index (κ1) is 25.9. The number of allylic oxidation sites excluding steroid dienone is 8. The molecule has 2 saturated carbocycles. The third-order valence-electron chi connectivity index (χ3n) is 5.40. The molecule has 4 aliphatic rings. The number of rotatable bonds is 1. The van der Waals surface area contributed by atoms with Gasteiger partial charge < -0.3 is 6.92 Å². The van der Waals surface area contributed by atoms with Crippen LogP contribution < -0.4 is 0 Å². The molecule has 2 unspecified atom stereocenters. The van der Waals surface area contributed by atoms with Crippen LogP contribution in [0.25, 0.3) is 0 Å². The smallest absolute Gasteiger partial charge is 0.346 e. The van der Waals surface area contributed by atoms with Gasteiger partial charge in [-0.2, -0.15) is 30.3 Å². The van der Waals surface area contributed by atoms with Gasteiger partial charge in [0.15, 0.2) is 0 Å². The molecular formula is C27H34SiZr. The van der Waals surface area contributed by atoms with E-state index in [0.717, 1.165) is 11.8 Å². The van der Waals surface area contributed by atoms with Crippen LogP contribution in [0.4, 0.5) is 0 Å². The van der Waals surface area contributed by atoms with E-state index in [0.29, 0.717) is 0 Å². The number of fused-ring (bicyclic) bond motifs is 2. The zero-order valence-electron chi connectivity index (χ0n) is 17.8. The van der Waals surface area contributed by atoms with E-state index in [2.05, 4.69) is 61.9 Å². The van der Waals surface area contributed by atoms with E-state index >= 15 is 0 Å². The van der Waals surface area contributed by atoms with E-state index in [9.17, 15) is 0 Å². The van der Waals surface area contributed by atoms with Crippen molar-refractivity contribution in [3.05, 3.63) is 103 Å². The van der Waals surface area contributed by atoms with Crippen LogP contribution in [0.15, 0.2) is 77.9 Å². The molecule has 0 aromatic heterocycles. The molecular weight excluding hydrogens is 444 g/mol. The molecule has 0 spiro atoms. The monoisotopic (exact) mass is 476 g/mol. The third kappa shape index (κ3) is 9.06. The predicted molar refractivity (Wildman–Crippen MR) is 128 cm³/mol. The van der Waals surface area contributed by atoms with Crippen LogP contribution in [-0.2, 0) is 26.2 Å². The average molecular weight is 478 g/mol. The van der Waals surface area contributed by atoms with Gasteiger partial charge in [-0.05, 0) is 24.7 Å². The van der Waals surface area contributed by atoms with Crippen LogP contribution in [0.3, 0.4) is 0 Å². The molecule has 2 heteroatoms. The van der Waals surface area contributed by atoms with Crippen molar-refractivity contribution in [1.82, 2.24) is 0 Å². The van der Waals surface area contributed by atoms with E-state index in [1.807, 2.05) is 30.3 Å². The Bertz CT molecular complexity index is 657. The van der Waals surface area contributed by atoms with Gasteiger partial charge in [-0.3, -0.25) is 0 Å². The van der Waals surface area contributed by atoms with Crippen molar-refractivity contribution >= 4 is 15.5 Å². The van der Waals surface area contributed by atoms with Crippen molar-refractivity contribution in [2.75, 3.05) is 0 Å². The fraction of sp³-hybridized carbons (Fsp3) is 0.333. The summed E-state index contributed by atoms with van der Waals surface area (Å²) in [5, 5.41) is 0. The maximum absolute atomic E-state index is 3.25. The summed E-state index contributed by atoms with van der Waals surface area (Å²) < 4.78 is 0. The molecule has 0 radical (unpaired) electrons. The van der Waals surface area contributed by atoms with Crippen molar-refractivity contribution in [2.24, 2.45) is 11.8 Å². The first-order valence-electron chi connectivity index (χ1n) is 10.6. The fourth-order valence-electron chi connectivity index (χ4n) is 3.89. The van der Waals surface area contributed by atoms with Crippen molar-refractivity contribution in [2.45, 2.75) is 45.4 Å². The first-order valence-corrected chi connectivity index (χ1v) is 11.3. The number of hydrogen-bond donors (Lipinski definition) is 0. The molecule has 0 aliphatic heterocycles. The zero-order chi connectivity index (χ0) is 20.0. The van der Waals surface area contributed by atoms with Gasteiger partial charge in [0.2, 0.25) is 0 Å². The van der Waals surface area contributed by atoms with Crippen LogP contribution >= 0.6 is 0 Å². The number of hydrogen-bond acceptors (Lipinski definition) is 0. The molecule has 0 saturated heterocycles. The van der Waals surface area contributed by atoms with Crippen LogP contribution in [0.5, 0.6) is 0 Å². The summed E-state index contributed by atoms with van der Waals surface area (Å²) in [6, 6.07) is 10.1. The molecule has 2 fully saturated rings. The van der Waals surface area contributed by atoms with Crippen molar-refractivity contribution in [3.8, 4) is 0 Å². The standard InChI is InChI=1S/2C9H11.C7H7Si.C2H5.Zr/c2*1-2-5-9-7-3-6-8(9)4-1;8-6-7-4-2-1-3-5-7;1-2;/h2*1-2,4,6,9H,3,5,7H2;1-5H,8H2;1H2,2H3;/q4*-1;+4. The summed E-state index contributed by atoms with van der Waals surface area (Å²) in [7, 11) is 1.73. The molecule has 150 valence electrons. The van der Waals surface area contributed by atoms with E-state index in [1.165, 1.54) is 44.1 Å². The summed E-state index contributed by atoms with van der Waals surface area (Å²) in [4.78, 5) is 0. The summed E-state index contributed by atoms with van der Waals surface area (Å²) in [5.74, 6) is 1.77. The van der Waals surface area contributed by atoms with Crippen LogP contribution in [0.2, 0.25) is 0 Å². The van der Waals surface area contributed by atoms with Crippen LogP contribution in [0.1, 0.15) is 51.0 Å². The molecule has 5 rings (SSSR count). The SMILES string of the molecule is C1=CCC2CC[CH-]C2=C1.C1=CCC2CC[CH-]C2=C1.[CH2-]C.[SiH2]=[C-]c1ccccc1.[Zr+4]. The van der Waals surface area contributed by atoms with Crippen LogP contribution in [-0.4, -0.2) is 15.5 Å². The normalized spacial score (nSPS) is 21.9. The minimum atomic E-state index is 0. The largest absolute Gasteiger partial charge is 4.00 e. The quantitative estimate of drug-likeness (QED) is 0.336. The summed E-state index contributed by atoms with van der Waals surface area (Å²) in [6.45, 7) is 5.00. The Kier molecular flexibility index (Phi) is 14.0. The minimum absolute atomic E-state index is 0. The Balaban J connectivity index is 0.000000206. The molecule has 1 aromatic carbocycles. The zero-order valence-corrected chi connectivity index (χ0v) is 21.7. The molecule has 0 bridgehead atoms. The average Bonchev–Trinajstić information content (AvgIpc) is 3.46. The second-order valence-electron chi connectivity index (χ2n) is 7.16. The Hall–Kier alpha value is -1.11. The van der Waals surface area contributed by atoms with E-state index in [-0.39, 0.29) is 26.2 Å². The molecule has 0 nitrogen and oxygen atoms in total. The summed E-state index contributed by atoms with van der Waals surface area (Å²) >= 11 is 0. The van der Waals surface area contributed by atoms with Gasteiger partial charge in [0.05, 0.1) is 0 Å². The fourth-order valence-corrected chi connectivity index (χ4v) is 4.12. The molecule has 0 N–H and O–H groups in total. The Morgan fingerprint density at radius 3 is 1.72 bits per heavy atom. The molecule has 0 heterocycles. The summed E-state index contributed by atoms with van der Waals surface area (Å²) in [5.41, 5.74) is 7.39. The Labute approximate surface area is 201 Å². The molecule has 4 aliphatic carbocycles. The molecule has 29 heavy (non-hydrogen) atoms. The van der Waals surface area contributed by atoms with E-state index in [1.54, 1.807) is 27.9 Å². The van der Waals surface area contributed by atoms with Gasteiger partial charge in [-0.1, -0.05) is 28.8 Å². The second-order valence-corrected chi connectivity index (χ2v) is 7.51. The van der Waals surface area contributed by atoms with E-state index in [4.69, 9.17) is 0 Å². The van der Waals surface area contributed by atoms with Gasteiger partial charge >= 0.3 is 26.2 Å². The molecule has 0 amide bonds. The van der Waals surface area contributed by atoms with Crippen molar-refractivity contribution in [3.63, 3.8) is 0 Å². The maximum Gasteiger partial charge on any atom is 4.00 e. The molecule has 1 aromatic rings. The van der Waals surface area contributed by atoms with Gasteiger partial charge in [-0.15, -0.1) is 49.3 Å². The first-order chi connectivity index (χ1) is 13.9. The maximum atomic E-state index is 3.25. The van der Waals surface area contributed by atoms with Gasteiger partial charge in [0.1, 0.15) is 0 Å². The number of benzene rings is 1. The minimum Gasteiger partial charge on any atom is -0.346 e. The van der Waals surface area contributed by atoms with Gasteiger partial charge in [0.25, 0.3) is 0 Å².